The summed E-state index contributed by atoms with van der Waals surface area (Å²) in [4.78, 5) is 41.5. The van der Waals surface area contributed by atoms with Gasteiger partial charge < -0.3 is 24.7 Å². The number of hydrogen-bond donors (Lipinski definition) is 2. The van der Waals surface area contributed by atoms with Gasteiger partial charge in [0, 0.05) is 38.9 Å². The van der Waals surface area contributed by atoms with Crippen LogP contribution in [-0.2, 0) is 14.3 Å². The van der Waals surface area contributed by atoms with Crippen LogP contribution in [0.2, 0.25) is 0 Å². The van der Waals surface area contributed by atoms with Gasteiger partial charge in [-0.1, -0.05) is 0 Å². The normalized spacial score (nSPS) is 14.9. The zero-order valence-electron chi connectivity index (χ0n) is 16.5. The van der Waals surface area contributed by atoms with Gasteiger partial charge in [0.15, 0.2) is 0 Å². The number of likely N-dealkylation sites (tertiary alicyclic amines) is 1. The predicted octanol–water partition coefficient (Wildman–Crippen LogP) is 1.42. The lowest BCUT2D eigenvalue weighted by Crippen LogP contribution is -2.40. The fraction of sp³-hybridized carbons (Fsp3) is 0.632. The number of nitrogens with zero attached hydrogens (tertiary/aromatic N) is 1. The Morgan fingerprint density at radius 2 is 1.85 bits per heavy atom. The number of aryl methyl sites for hydroxylation is 1. The lowest BCUT2D eigenvalue weighted by molar-refractivity contribution is -0.122. The zero-order chi connectivity index (χ0) is 20.0. The molecule has 8 nitrogen and oxygen atoms in total. The average Bonchev–Trinajstić information content (AvgIpc) is 2.95. The van der Waals surface area contributed by atoms with Crippen molar-refractivity contribution in [2.75, 3.05) is 40.5 Å². The molecule has 0 atom stereocenters. The third-order valence-corrected chi connectivity index (χ3v) is 5.05. The first-order chi connectivity index (χ1) is 12.9. The van der Waals surface area contributed by atoms with Crippen LogP contribution in [0.5, 0.6) is 0 Å². The third kappa shape index (κ3) is 5.09. The van der Waals surface area contributed by atoms with Crippen molar-refractivity contribution in [1.82, 2.24) is 15.2 Å². The maximum atomic E-state index is 12.8. The van der Waals surface area contributed by atoms with Crippen molar-refractivity contribution in [3.8, 4) is 0 Å². The monoisotopic (exact) mass is 379 g/mol. The quantitative estimate of drug-likeness (QED) is 0.551. The minimum Gasteiger partial charge on any atom is -0.465 e. The summed E-state index contributed by atoms with van der Waals surface area (Å²) < 4.78 is 9.71. The van der Waals surface area contributed by atoms with E-state index in [-0.39, 0.29) is 17.7 Å². The van der Waals surface area contributed by atoms with E-state index in [0.717, 1.165) is 12.8 Å². The van der Waals surface area contributed by atoms with Crippen LogP contribution < -0.4 is 5.32 Å². The van der Waals surface area contributed by atoms with Crippen LogP contribution in [0, 0.1) is 19.8 Å². The first-order valence-electron chi connectivity index (χ1n) is 9.21. The van der Waals surface area contributed by atoms with E-state index in [1.807, 2.05) is 0 Å². The van der Waals surface area contributed by atoms with Crippen molar-refractivity contribution in [2.45, 2.75) is 33.1 Å². The lowest BCUT2D eigenvalue weighted by Gasteiger charge is -2.31. The van der Waals surface area contributed by atoms with Crippen LogP contribution in [0.4, 0.5) is 0 Å². The fourth-order valence-electron chi connectivity index (χ4n) is 3.50. The Morgan fingerprint density at radius 3 is 2.44 bits per heavy atom. The molecule has 0 aromatic carbocycles. The van der Waals surface area contributed by atoms with Crippen LogP contribution in [0.25, 0.3) is 0 Å². The molecular formula is C19H29N3O5. The molecule has 0 radical (unpaired) electrons. The van der Waals surface area contributed by atoms with Crippen molar-refractivity contribution >= 4 is 17.8 Å². The van der Waals surface area contributed by atoms with Gasteiger partial charge in [0.2, 0.25) is 5.91 Å². The topological polar surface area (TPSA) is 101 Å². The molecule has 1 saturated heterocycles. The molecule has 27 heavy (non-hydrogen) atoms. The maximum Gasteiger partial charge on any atom is 0.339 e. The Labute approximate surface area is 159 Å². The highest BCUT2D eigenvalue weighted by Gasteiger charge is 2.29. The molecule has 0 spiro atoms. The summed E-state index contributed by atoms with van der Waals surface area (Å²) in [5.41, 5.74) is 2.10. The molecule has 8 heteroatoms. The standard InChI is InChI=1S/C19H29N3O5/c1-12-16(19(25)27-4)13(2)21-17(12)18(24)22-8-5-14(6-9-22)11-15(23)20-7-10-26-3/h14,21H,5-11H2,1-4H3,(H,20,23). The number of aromatic amines is 1. The number of methoxy groups -OCH3 is 2. The number of ether oxygens (including phenoxy) is 2. The number of amides is 2. The zero-order valence-corrected chi connectivity index (χ0v) is 16.5. The molecule has 0 unspecified atom stereocenters. The van der Waals surface area contributed by atoms with Crippen molar-refractivity contribution < 1.29 is 23.9 Å². The second-order valence-electron chi connectivity index (χ2n) is 6.90. The van der Waals surface area contributed by atoms with Gasteiger partial charge in [0.05, 0.1) is 19.3 Å². The molecule has 1 fully saturated rings. The lowest BCUT2D eigenvalue weighted by atomic mass is 9.93. The molecule has 1 aromatic rings. The molecule has 2 rings (SSSR count). The minimum atomic E-state index is -0.446. The van der Waals surface area contributed by atoms with Crippen molar-refractivity contribution in [1.29, 1.82) is 0 Å². The highest BCUT2D eigenvalue weighted by molar-refractivity contribution is 6.00. The molecule has 2 N–H and O–H groups in total. The highest BCUT2D eigenvalue weighted by Crippen LogP contribution is 2.24. The summed E-state index contributed by atoms with van der Waals surface area (Å²) in [6, 6.07) is 0. The number of carbonyl (C=O) groups is 3. The fourth-order valence-corrected chi connectivity index (χ4v) is 3.50. The van der Waals surface area contributed by atoms with Gasteiger partial charge in [0.25, 0.3) is 5.91 Å². The van der Waals surface area contributed by atoms with Crippen LogP contribution in [0.15, 0.2) is 0 Å². The number of piperidine rings is 1. The van der Waals surface area contributed by atoms with Gasteiger partial charge in [-0.05, 0) is 38.2 Å². The first-order valence-corrected chi connectivity index (χ1v) is 9.21. The average molecular weight is 379 g/mol. The molecule has 0 bridgehead atoms. The van der Waals surface area contributed by atoms with Crippen molar-refractivity contribution in [3.63, 3.8) is 0 Å². The SMILES string of the molecule is COCCNC(=O)CC1CCN(C(=O)c2[nH]c(C)c(C(=O)OC)c2C)CC1. The Kier molecular flexibility index (Phi) is 7.41. The largest absolute Gasteiger partial charge is 0.465 e. The molecular weight excluding hydrogens is 350 g/mol. The second-order valence-corrected chi connectivity index (χ2v) is 6.90. The molecule has 2 amide bonds. The number of nitrogens with one attached hydrogen (secondary N) is 2. The first kappa shape index (κ1) is 21.0. The Hall–Kier alpha value is -2.35. The van der Waals surface area contributed by atoms with Crippen LogP contribution in [0.1, 0.15) is 51.4 Å². The Morgan fingerprint density at radius 1 is 1.19 bits per heavy atom. The molecule has 0 saturated carbocycles. The van der Waals surface area contributed by atoms with Crippen LogP contribution in [0.3, 0.4) is 0 Å². The molecule has 2 heterocycles. The maximum absolute atomic E-state index is 12.8. The smallest absolute Gasteiger partial charge is 0.339 e. The molecule has 1 aliphatic heterocycles. The van der Waals surface area contributed by atoms with E-state index in [1.165, 1.54) is 7.11 Å². The van der Waals surface area contributed by atoms with Crippen LogP contribution >= 0.6 is 0 Å². The summed E-state index contributed by atoms with van der Waals surface area (Å²) in [6.45, 7) is 5.71. The summed E-state index contributed by atoms with van der Waals surface area (Å²) in [5, 5.41) is 2.83. The second kappa shape index (κ2) is 9.55. The van der Waals surface area contributed by atoms with E-state index in [2.05, 4.69) is 10.3 Å². The van der Waals surface area contributed by atoms with Gasteiger partial charge in [0.1, 0.15) is 5.69 Å². The minimum absolute atomic E-state index is 0.0235. The summed E-state index contributed by atoms with van der Waals surface area (Å²) >= 11 is 0. The molecule has 1 aliphatic rings. The van der Waals surface area contributed by atoms with E-state index in [4.69, 9.17) is 9.47 Å². The molecule has 1 aromatic heterocycles. The number of aromatic nitrogens is 1. The summed E-state index contributed by atoms with van der Waals surface area (Å²) in [7, 11) is 2.92. The van der Waals surface area contributed by atoms with E-state index in [9.17, 15) is 14.4 Å². The van der Waals surface area contributed by atoms with Crippen LogP contribution in [-0.4, -0.2) is 68.1 Å². The number of hydrogen-bond acceptors (Lipinski definition) is 5. The van der Waals surface area contributed by atoms with Gasteiger partial charge in [-0.3, -0.25) is 9.59 Å². The Balaban J connectivity index is 1.92. The van der Waals surface area contributed by atoms with Crippen molar-refractivity contribution in [3.05, 3.63) is 22.5 Å². The summed E-state index contributed by atoms with van der Waals surface area (Å²) in [5.74, 6) is -0.267. The number of rotatable bonds is 7. The Bertz CT molecular complexity index is 690. The van der Waals surface area contributed by atoms with Gasteiger partial charge in [-0.15, -0.1) is 0 Å². The van der Waals surface area contributed by atoms with E-state index < -0.39 is 5.97 Å². The van der Waals surface area contributed by atoms with Gasteiger partial charge >= 0.3 is 5.97 Å². The third-order valence-electron chi connectivity index (χ3n) is 5.05. The molecule has 0 aliphatic carbocycles. The van der Waals surface area contributed by atoms with Gasteiger partial charge in [-0.2, -0.15) is 0 Å². The highest BCUT2D eigenvalue weighted by atomic mass is 16.5. The van der Waals surface area contributed by atoms with E-state index >= 15 is 0 Å². The number of H-pyrrole nitrogens is 1. The molecule has 150 valence electrons. The number of esters is 1. The van der Waals surface area contributed by atoms with E-state index in [0.29, 0.717) is 55.2 Å². The number of carbonyl (C=O) groups excluding carboxylic acids is 3. The predicted molar refractivity (Wildman–Crippen MR) is 99.7 cm³/mol. The van der Waals surface area contributed by atoms with Crippen molar-refractivity contribution in [2.24, 2.45) is 5.92 Å². The van der Waals surface area contributed by atoms with Gasteiger partial charge in [-0.25, -0.2) is 4.79 Å². The van der Waals surface area contributed by atoms with E-state index in [1.54, 1.807) is 25.9 Å². The summed E-state index contributed by atoms with van der Waals surface area (Å²) in [6.07, 6.45) is 2.04.